The highest BCUT2D eigenvalue weighted by Gasteiger charge is 2.25. The Morgan fingerprint density at radius 1 is 1.26 bits per heavy atom. The first-order chi connectivity index (χ1) is 10.9. The number of carbonyl (C=O) groups is 3. The Bertz CT molecular complexity index is 620. The molecule has 0 aliphatic heterocycles. The molecule has 0 heterocycles. The summed E-state index contributed by atoms with van der Waals surface area (Å²) in [6, 6.07) is 4.37. The lowest BCUT2D eigenvalue weighted by Gasteiger charge is -2.10. The summed E-state index contributed by atoms with van der Waals surface area (Å²) in [7, 11) is 2.47. The highest BCUT2D eigenvalue weighted by molar-refractivity contribution is 5.90. The Labute approximate surface area is 131 Å². The number of benzene rings is 1. The normalized spacial score (nSPS) is 11.7. The maximum Gasteiger partial charge on any atom is 0.345 e. The van der Waals surface area contributed by atoms with E-state index in [9.17, 15) is 19.5 Å². The van der Waals surface area contributed by atoms with Crippen LogP contribution in [0.1, 0.15) is 12.0 Å². The Morgan fingerprint density at radius 3 is 2.52 bits per heavy atom. The van der Waals surface area contributed by atoms with Crippen LogP contribution in [0.4, 0.5) is 0 Å². The van der Waals surface area contributed by atoms with Crippen LogP contribution in [-0.4, -0.2) is 48.4 Å². The van der Waals surface area contributed by atoms with E-state index in [0.29, 0.717) is 5.56 Å². The summed E-state index contributed by atoms with van der Waals surface area (Å²) < 4.78 is 13.9. The third-order valence-electron chi connectivity index (χ3n) is 2.73. The lowest BCUT2D eigenvalue weighted by atomic mass is 10.2. The zero-order chi connectivity index (χ0) is 17.4. The molecule has 0 saturated carbocycles. The van der Waals surface area contributed by atoms with Gasteiger partial charge in [0.25, 0.3) is 0 Å². The van der Waals surface area contributed by atoms with Gasteiger partial charge in [0.1, 0.15) is 0 Å². The maximum atomic E-state index is 11.6. The second-order valence-corrected chi connectivity index (χ2v) is 4.31. The molecule has 0 aliphatic carbocycles. The smallest absolute Gasteiger partial charge is 0.345 e. The fourth-order valence-corrected chi connectivity index (χ4v) is 1.56. The summed E-state index contributed by atoms with van der Waals surface area (Å²) in [5.41, 5.74) is 0.524. The van der Waals surface area contributed by atoms with Gasteiger partial charge in [-0.05, 0) is 23.8 Å². The van der Waals surface area contributed by atoms with Crippen LogP contribution >= 0.6 is 0 Å². The molecule has 124 valence electrons. The number of phenols is 1. The van der Waals surface area contributed by atoms with Crippen molar-refractivity contribution in [3.63, 3.8) is 0 Å². The Balaban J connectivity index is 2.74. The van der Waals surface area contributed by atoms with E-state index in [1.165, 1.54) is 31.4 Å². The van der Waals surface area contributed by atoms with E-state index >= 15 is 0 Å². The number of aliphatic carboxylic acids is 1. The molecule has 1 unspecified atom stereocenters. The summed E-state index contributed by atoms with van der Waals surface area (Å²) in [5, 5.41) is 18.3. The SMILES string of the molecule is COC(=O)CC(OC(=O)C=Cc1ccc(O)c(OC)c1)C(=O)O. The van der Waals surface area contributed by atoms with Crippen molar-refractivity contribution in [1.82, 2.24) is 0 Å². The Morgan fingerprint density at radius 2 is 1.96 bits per heavy atom. The number of hydrogen-bond donors (Lipinski definition) is 2. The molecule has 0 aliphatic rings. The number of phenolic OH excluding ortho intramolecular Hbond substituents is 1. The van der Waals surface area contributed by atoms with E-state index < -0.39 is 30.4 Å². The summed E-state index contributed by atoms with van der Waals surface area (Å²) in [6.07, 6.45) is 0.132. The molecule has 0 radical (unpaired) electrons. The van der Waals surface area contributed by atoms with Crippen LogP contribution in [0, 0.1) is 0 Å². The molecule has 23 heavy (non-hydrogen) atoms. The maximum absolute atomic E-state index is 11.6. The third-order valence-corrected chi connectivity index (χ3v) is 2.73. The average Bonchev–Trinajstić information content (AvgIpc) is 2.53. The van der Waals surface area contributed by atoms with Crippen molar-refractivity contribution in [3.05, 3.63) is 29.8 Å². The van der Waals surface area contributed by atoms with E-state index in [2.05, 4.69) is 9.47 Å². The fraction of sp³-hybridized carbons (Fsp3) is 0.267. The Kier molecular flexibility index (Phi) is 6.60. The fourth-order valence-electron chi connectivity index (χ4n) is 1.56. The molecule has 1 rings (SSSR count). The molecule has 0 amide bonds. The van der Waals surface area contributed by atoms with Crippen LogP contribution in [0.15, 0.2) is 24.3 Å². The van der Waals surface area contributed by atoms with Crippen LogP contribution in [0.2, 0.25) is 0 Å². The lowest BCUT2D eigenvalue weighted by Crippen LogP contribution is -2.29. The number of ether oxygens (including phenoxy) is 3. The molecule has 1 aromatic carbocycles. The van der Waals surface area contributed by atoms with Gasteiger partial charge in [-0.1, -0.05) is 6.07 Å². The van der Waals surface area contributed by atoms with Gasteiger partial charge in [0.15, 0.2) is 11.5 Å². The molecule has 8 heteroatoms. The van der Waals surface area contributed by atoms with Crippen molar-refractivity contribution in [3.8, 4) is 11.5 Å². The summed E-state index contributed by atoms with van der Waals surface area (Å²) in [6.45, 7) is 0. The minimum Gasteiger partial charge on any atom is -0.504 e. The van der Waals surface area contributed by atoms with Crippen LogP contribution in [0.5, 0.6) is 11.5 Å². The van der Waals surface area contributed by atoms with E-state index in [1.807, 2.05) is 0 Å². The third kappa shape index (κ3) is 5.70. The Hall–Kier alpha value is -3.03. The van der Waals surface area contributed by atoms with Crippen molar-refractivity contribution < 1.29 is 38.8 Å². The van der Waals surface area contributed by atoms with Gasteiger partial charge in [-0.3, -0.25) is 4.79 Å². The molecule has 8 nitrogen and oxygen atoms in total. The van der Waals surface area contributed by atoms with E-state index in [4.69, 9.17) is 9.84 Å². The van der Waals surface area contributed by atoms with Crippen molar-refractivity contribution in [1.29, 1.82) is 0 Å². The number of carboxylic acid groups (broad SMARTS) is 1. The molecule has 0 fully saturated rings. The number of carbonyl (C=O) groups excluding carboxylic acids is 2. The molecule has 1 atom stereocenters. The highest BCUT2D eigenvalue weighted by Crippen LogP contribution is 2.26. The quantitative estimate of drug-likeness (QED) is 0.562. The number of methoxy groups -OCH3 is 2. The molecule has 0 spiro atoms. The molecule has 0 saturated heterocycles. The van der Waals surface area contributed by atoms with Gasteiger partial charge in [-0.25, -0.2) is 9.59 Å². The first kappa shape index (κ1) is 18.0. The molecule has 0 bridgehead atoms. The molecule has 0 aromatic heterocycles. The number of esters is 2. The minimum absolute atomic E-state index is 0.0590. The van der Waals surface area contributed by atoms with E-state index in [-0.39, 0.29) is 11.5 Å². The van der Waals surface area contributed by atoms with Crippen LogP contribution in [0.25, 0.3) is 6.08 Å². The van der Waals surface area contributed by atoms with Crippen LogP contribution in [-0.2, 0) is 23.9 Å². The van der Waals surface area contributed by atoms with Crippen molar-refractivity contribution in [2.45, 2.75) is 12.5 Å². The van der Waals surface area contributed by atoms with Gasteiger partial charge in [0, 0.05) is 6.08 Å². The van der Waals surface area contributed by atoms with Crippen LogP contribution < -0.4 is 4.74 Å². The molecule has 2 N–H and O–H groups in total. The molecule has 1 aromatic rings. The zero-order valence-corrected chi connectivity index (χ0v) is 12.5. The predicted octanol–water partition coefficient (Wildman–Crippen LogP) is 0.973. The summed E-state index contributed by atoms with van der Waals surface area (Å²) in [4.78, 5) is 33.6. The van der Waals surface area contributed by atoms with E-state index in [0.717, 1.165) is 13.2 Å². The van der Waals surface area contributed by atoms with Gasteiger partial charge in [0.2, 0.25) is 6.10 Å². The number of carboxylic acids is 1. The second kappa shape index (κ2) is 8.42. The summed E-state index contributed by atoms with van der Waals surface area (Å²) in [5.74, 6) is -3.04. The first-order valence-electron chi connectivity index (χ1n) is 6.42. The van der Waals surface area contributed by atoms with Crippen LogP contribution in [0.3, 0.4) is 0 Å². The van der Waals surface area contributed by atoms with Gasteiger partial charge in [-0.15, -0.1) is 0 Å². The topological polar surface area (TPSA) is 119 Å². The average molecular weight is 324 g/mol. The summed E-state index contributed by atoms with van der Waals surface area (Å²) >= 11 is 0. The predicted molar refractivity (Wildman–Crippen MR) is 77.8 cm³/mol. The van der Waals surface area contributed by atoms with Gasteiger partial charge < -0.3 is 24.4 Å². The molecular weight excluding hydrogens is 308 g/mol. The minimum atomic E-state index is -1.63. The highest BCUT2D eigenvalue weighted by atomic mass is 16.6. The van der Waals surface area contributed by atoms with Gasteiger partial charge in [0.05, 0.1) is 20.6 Å². The van der Waals surface area contributed by atoms with Crippen molar-refractivity contribution in [2.75, 3.05) is 14.2 Å². The number of rotatable bonds is 7. The largest absolute Gasteiger partial charge is 0.504 e. The number of aromatic hydroxyl groups is 1. The molecular formula is C15H16O8. The standard InChI is InChI=1S/C15H16O8/c1-21-11-7-9(3-5-10(11)16)4-6-13(17)23-12(15(19)20)8-14(18)22-2/h3-7,12,16H,8H2,1-2H3,(H,19,20). The first-order valence-corrected chi connectivity index (χ1v) is 6.42. The lowest BCUT2D eigenvalue weighted by molar-refractivity contribution is -0.165. The second-order valence-electron chi connectivity index (χ2n) is 4.31. The van der Waals surface area contributed by atoms with Gasteiger partial charge in [-0.2, -0.15) is 0 Å². The van der Waals surface area contributed by atoms with Crippen molar-refractivity contribution in [2.24, 2.45) is 0 Å². The van der Waals surface area contributed by atoms with E-state index in [1.54, 1.807) is 0 Å². The number of hydrogen-bond acceptors (Lipinski definition) is 7. The van der Waals surface area contributed by atoms with Gasteiger partial charge >= 0.3 is 17.9 Å². The zero-order valence-electron chi connectivity index (χ0n) is 12.5. The van der Waals surface area contributed by atoms with Crippen molar-refractivity contribution >= 4 is 24.0 Å². The monoisotopic (exact) mass is 324 g/mol.